The van der Waals surface area contributed by atoms with E-state index < -0.39 is 10.0 Å². The van der Waals surface area contributed by atoms with Crippen LogP contribution >= 0.6 is 0 Å². The Morgan fingerprint density at radius 2 is 1.95 bits per heavy atom. The molecule has 0 bridgehead atoms. The number of methoxy groups -OCH3 is 1. The third-order valence-corrected chi connectivity index (χ3v) is 7.69. The van der Waals surface area contributed by atoms with Crippen LogP contribution in [0.5, 0.6) is 5.75 Å². The number of benzene rings is 2. The topological polar surface area (TPSA) is 136 Å². The molecule has 1 aromatic heterocycles. The highest BCUT2D eigenvalue weighted by Gasteiger charge is 2.26. The number of aryl methyl sites for hydroxylation is 1. The molecule has 0 atom stereocenters. The molecule has 10 nitrogen and oxygen atoms in total. The number of ether oxygens (including phenoxy) is 1. The molecule has 1 saturated heterocycles. The zero-order chi connectivity index (χ0) is 26.2. The quantitative estimate of drug-likeness (QED) is 0.406. The van der Waals surface area contributed by atoms with Gasteiger partial charge in [-0.25, -0.2) is 13.6 Å². The van der Waals surface area contributed by atoms with Gasteiger partial charge in [0.1, 0.15) is 5.75 Å². The molecule has 0 aliphatic carbocycles. The maximum Gasteiger partial charge on any atom is 0.256 e. The van der Waals surface area contributed by atoms with Crippen LogP contribution in [0, 0.1) is 0 Å². The van der Waals surface area contributed by atoms with E-state index in [2.05, 4.69) is 15.2 Å². The van der Waals surface area contributed by atoms with Crippen LogP contribution in [-0.4, -0.2) is 63.0 Å². The Hall–Kier alpha value is -3.67. The first-order valence-corrected chi connectivity index (χ1v) is 13.6. The third kappa shape index (κ3) is 5.10. The molecular weight excluding hydrogens is 494 g/mol. The Kier molecular flexibility index (Phi) is 6.76. The number of nitrogens with two attached hydrogens (primary N) is 1. The average Bonchev–Trinajstić information content (AvgIpc) is 3.39. The van der Waals surface area contributed by atoms with Crippen LogP contribution in [-0.2, 0) is 26.2 Å². The molecule has 37 heavy (non-hydrogen) atoms. The van der Waals surface area contributed by atoms with Crippen molar-refractivity contribution in [2.45, 2.75) is 24.3 Å². The van der Waals surface area contributed by atoms with Gasteiger partial charge in [-0.15, -0.1) is 0 Å². The normalized spacial score (nSPS) is 16.8. The zero-order valence-electron chi connectivity index (χ0n) is 20.5. The predicted octanol–water partition coefficient (Wildman–Crippen LogP) is 2.00. The predicted molar refractivity (Wildman–Crippen MR) is 141 cm³/mol. The maximum absolute atomic E-state index is 12.8. The Labute approximate surface area is 215 Å². The number of sulfonamides is 1. The van der Waals surface area contributed by atoms with Crippen molar-refractivity contribution in [2.75, 3.05) is 38.6 Å². The molecule has 11 heteroatoms. The van der Waals surface area contributed by atoms with Gasteiger partial charge < -0.3 is 24.8 Å². The van der Waals surface area contributed by atoms with E-state index in [-0.39, 0.29) is 16.7 Å². The lowest BCUT2D eigenvalue weighted by Gasteiger charge is -2.27. The number of carbonyl (C=O) groups is 2. The Morgan fingerprint density at radius 3 is 2.68 bits per heavy atom. The number of fused-ring (bicyclic) bond motifs is 2. The van der Waals surface area contributed by atoms with Gasteiger partial charge in [0.25, 0.3) is 5.91 Å². The van der Waals surface area contributed by atoms with Crippen molar-refractivity contribution in [3.63, 3.8) is 0 Å². The summed E-state index contributed by atoms with van der Waals surface area (Å²) in [7, 11) is -2.33. The van der Waals surface area contributed by atoms with Gasteiger partial charge in [-0.3, -0.25) is 9.59 Å². The van der Waals surface area contributed by atoms with Crippen LogP contribution in [0.1, 0.15) is 24.0 Å². The summed E-state index contributed by atoms with van der Waals surface area (Å²) in [5, 5.41) is 12.2. The molecule has 3 heterocycles. The van der Waals surface area contributed by atoms with Crippen molar-refractivity contribution < 1.29 is 22.7 Å². The van der Waals surface area contributed by atoms with E-state index in [0.717, 1.165) is 42.6 Å². The number of hydrogen-bond acceptors (Lipinski definition) is 6. The molecule has 5 rings (SSSR count). The summed E-state index contributed by atoms with van der Waals surface area (Å²) >= 11 is 0. The number of primary sulfonamides is 1. The SMILES string of the molecule is COc1ccc2c(c1)c(/C=C1\C(=O)Nc3ccc(S(N)(=O)=O)cc31)cn2CCCC(=O)N1CCNCC1. The monoisotopic (exact) mass is 523 g/mol. The molecule has 0 radical (unpaired) electrons. The number of piperazine rings is 1. The van der Waals surface area contributed by atoms with Gasteiger partial charge in [0.15, 0.2) is 0 Å². The number of anilines is 1. The Balaban J connectivity index is 1.47. The lowest BCUT2D eigenvalue weighted by atomic mass is 10.0. The highest BCUT2D eigenvalue weighted by molar-refractivity contribution is 7.89. The van der Waals surface area contributed by atoms with Gasteiger partial charge >= 0.3 is 0 Å². The van der Waals surface area contributed by atoms with Crippen molar-refractivity contribution in [1.82, 2.24) is 14.8 Å². The Bertz CT molecular complexity index is 1520. The number of rotatable bonds is 7. The number of amides is 2. The molecule has 0 unspecified atom stereocenters. The second-order valence-corrected chi connectivity index (χ2v) is 10.7. The van der Waals surface area contributed by atoms with Gasteiger partial charge in [0.05, 0.1) is 12.0 Å². The molecule has 2 amide bonds. The molecule has 3 aromatic rings. The summed E-state index contributed by atoms with van der Waals surface area (Å²) in [4.78, 5) is 27.2. The highest BCUT2D eigenvalue weighted by Crippen LogP contribution is 2.36. The minimum absolute atomic E-state index is 0.0631. The minimum atomic E-state index is -3.92. The van der Waals surface area contributed by atoms with Crippen LogP contribution < -0.4 is 20.5 Å². The first-order valence-electron chi connectivity index (χ1n) is 12.1. The zero-order valence-corrected chi connectivity index (χ0v) is 21.3. The summed E-state index contributed by atoms with van der Waals surface area (Å²) in [5.74, 6) is 0.505. The maximum atomic E-state index is 12.8. The number of nitrogens with zero attached hydrogens (tertiary/aromatic N) is 2. The van der Waals surface area contributed by atoms with Crippen molar-refractivity contribution in [3.8, 4) is 5.75 Å². The van der Waals surface area contributed by atoms with Crippen molar-refractivity contribution in [3.05, 3.63) is 53.7 Å². The van der Waals surface area contributed by atoms with E-state index >= 15 is 0 Å². The Morgan fingerprint density at radius 1 is 1.16 bits per heavy atom. The van der Waals surface area contributed by atoms with Crippen LogP contribution in [0.3, 0.4) is 0 Å². The van der Waals surface area contributed by atoms with Gasteiger partial charge in [-0.05, 0) is 48.9 Å². The number of aromatic nitrogens is 1. The van der Waals surface area contributed by atoms with Crippen LogP contribution in [0.2, 0.25) is 0 Å². The largest absolute Gasteiger partial charge is 0.497 e. The molecule has 0 saturated carbocycles. The van der Waals surface area contributed by atoms with E-state index in [9.17, 15) is 18.0 Å². The second kappa shape index (κ2) is 10.0. The fourth-order valence-corrected chi connectivity index (χ4v) is 5.39. The molecule has 4 N–H and O–H groups in total. The molecule has 2 aliphatic heterocycles. The van der Waals surface area contributed by atoms with Crippen LogP contribution in [0.25, 0.3) is 22.6 Å². The number of carbonyl (C=O) groups excluding carboxylic acids is 2. The lowest BCUT2D eigenvalue weighted by Crippen LogP contribution is -2.46. The lowest BCUT2D eigenvalue weighted by molar-refractivity contribution is -0.131. The second-order valence-electron chi connectivity index (χ2n) is 9.16. The smallest absolute Gasteiger partial charge is 0.256 e. The molecule has 2 aromatic carbocycles. The summed E-state index contributed by atoms with van der Waals surface area (Å²) in [5.41, 5.74) is 3.06. The summed E-state index contributed by atoms with van der Waals surface area (Å²) < 4.78 is 31.3. The molecule has 0 spiro atoms. The van der Waals surface area contributed by atoms with Crippen molar-refractivity contribution in [1.29, 1.82) is 0 Å². The van der Waals surface area contributed by atoms with Crippen LogP contribution in [0.15, 0.2) is 47.5 Å². The van der Waals surface area contributed by atoms with Crippen molar-refractivity contribution in [2.24, 2.45) is 5.14 Å². The van der Waals surface area contributed by atoms with E-state index in [4.69, 9.17) is 9.88 Å². The molecule has 194 valence electrons. The van der Waals surface area contributed by atoms with Crippen molar-refractivity contribution >= 4 is 50.1 Å². The standard InChI is InChI=1S/C26H29N5O5S/c1-36-18-4-7-24-20(14-18)17(16-31(24)10-2-3-25(32)30-11-8-28-9-12-30)13-22-21-15-19(37(27,34)35)5-6-23(21)29-26(22)33/h4-7,13-16,28H,2-3,8-12H2,1H3,(H,29,33)(H2,27,34,35)/b22-13-. The van der Waals surface area contributed by atoms with E-state index in [1.165, 1.54) is 18.2 Å². The number of nitrogens with one attached hydrogen (secondary N) is 2. The van der Waals surface area contributed by atoms with E-state index in [1.807, 2.05) is 29.3 Å². The molecule has 1 fully saturated rings. The fraction of sp³-hybridized carbons (Fsp3) is 0.308. The summed E-state index contributed by atoms with van der Waals surface area (Å²) in [6.07, 6.45) is 4.83. The molecular formula is C26H29N5O5S. The highest BCUT2D eigenvalue weighted by atomic mass is 32.2. The first kappa shape index (κ1) is 25.0. The average molecular weight is 524 g/mol. The third-order valence-electron chi connectivity index (χ3n) is 6.78. The van der Waals surface area contributed by atoms with Gasteiger partial charge in [0, 0.05) is 78.6 Å². The summed E-state index contributed by atoms with van der Waals surface area (Å²) in [6.45, 7) is 3.74. The van der Waals surface area contributed by atoms with E-state index in [1.54, 1.807) is 13.2 Å². The first-order chi connectivity index (χ1) is 17.7. The minimum Gasteiger partial charge on any atom is -0.497 e. The van der Waals surface area contributed by atoms with E-state index in [0.29, 0.717) is 42.0 Å². The fourth-order valence-electron chi connectivity index (χ4n) is 4.85. The number of hydrogen-bond donors (Lipinski definition) is 3. The molecule has 2 aliphatic rings. The summed E-state index contributed by atoms with van der Waals surface area (Å²) in [6, 6.07) is 10.0. The van der Waals surface area contributed by atoms with Gasteiger partial charge in [-0.2, -0.15) is 0 Å². The van der Waals surface area contributed by atoms with Crippen LogP contribution in [0.4, 0.5) is 5.69 Å². The van der Waals surface area contributed by atoms with Gasteiger partial charge in [-0.1, -0.05) is 0 Å². The van der Waals surface area contributed by atoms with Gasteiger partial charge in [0.2, 0.25) is 15.9 Å².